The van der Waals surface area contributed by atoms with Gasteiger partial charge in [-0.05, 0) is 5.56 Å². The minimum Gasteiger partial charge on any atom is -1.00 e. The van der Waals surface area contributed by atoms with E-state index in [-0.39, 0.29) is 24.0 Å². The van der Waals surface area contributed by atoms with Crippen LogP contribution in [0.15, 0.2) is 66.9 Å². The van der Waals surface area contributed by atoms with E-state index in [1.165, 1.54) is 11.1 Å². The number of hydrogen-bond donors (Lipinski definition) is 0. The molecular weight excluding hydrogens is 361 g/mol. The van der Waals surface area contributed by atoms with Crippen LogP contribution in [0.2, 0.25) is 0 Å². The second-order valence-corrected chi connectivity index (χ2v) is 4.58. The van der Waals surface area contributed by atoms with Gasteiger partial charge in [-0.15, -0.1) is 9.36 Å². The van der Waals surface area contributed by atoms with Crippen LogP contribution in [0.3, 0.4) is 0 Å². The lowest BCUT2D eigenvalue weighted by Gasteiger charge is -1.93. The lowest BCUT2D eigenvalue weighted by Crippen LogP contribution is -3.00. The third-order valence-electron chi connectivity index (χ3n) is 3.13. The fourth-order valence-corrected chi connectivity index (χ4v) is 2.19. The molecule has 0 aliphatic carbocycles. The van der Waals surface area contributed by atoms with Crippen molar-refractivity contribution < 1.29 is 28.7 Å². The zero-order valence-corrected chi connectivity index (χ0v) is 13.4. The van der Waals surface area contributed by atoms with Crippen LogP contribution in [-0.2, 0) is 13.6 Å². The van der Waals surface area contributed by atoms with Gasteiger partial charge < -0.3 is 24.0 Å². The van der Waals surface area contributed by atoms with E-state index >= 15 is 0 Å². The highest BCUT2D eigenvalue weighted by atomic mass is 127. The van der Waals surface area contributed by atoms with Gasteiger partial charge in [-0.1, -0.05) is 60.7 Å². The molecule has 0 radical (unpaired) electrons. The Morgan fingerprint density at radius 1 is 0.950 bits per heavy atom. The number of benzene rings is 2. The average Bonchev–Trinajstić information content (AvgIpc) is 2.82. The number of aryl methyl sites for hydroxylation is 1. The SMILES string of the molecule is Cn1n[n+](Cc2ccccc2)cc1-c1ccccc1.[I-]. The summed E-state index contributed by atoms with van der Waals surface area (Å²) < 4.78 is 3.88. The molecule has 0 fully saturated rings. The highest BCUT2D eigenvalue weighted by Crippen LogP contribution is 2.15. The number of hydrogen-bond acceptors (Lipinski definition) is 1. The van der Waals surface area contributed by atoms with E-state index in [0.717, 1.165) is 12.2 Å². The normalized spacial score (nSPS) is 10.1. The van der Waals surface area contributed by atoms with Crippen LogP contribution >= 0.6 is 0 Å². The van der Waals surface area contributed by atoms with Gasteiger partial charge in [0.25, 0.3) is 0 Å². The summed E-state index contributed by atoms with van der Waals surface area (Å²) in [6.07, 6.45) is 2.09. The summed E-state index contributed by atoms with van der Waals surface area (Å²) in [6.45, 7) is 0.793. The Kier molecular flexibility index (Phi) is 4.89. The van der Waals surface area contributed by atoms with Crippen LogP contribution in [0.25, 0.3) is 11.3 Å². The third kappa shape index (κ3) is 3.25. The molecule has 0 unspecified atom stereocenters. The van der Waals surface area contributed by atoms with Gasteiger partial charge in [0.05, 0.1) is 5.21 Å². The molecule has 0 bridgehead atoms. The van der Waals surface area contributed by atoms with Crippen LogP contribution < -0.4 is 28.7 Å². The summed E-state index contributed by atoms with van der Waals surface area (Å²) in [5, 5.41) is 4.52. The summed E-state index contributed by atoms with van der Waals surface area (Å²) in [5.41, 5.74) is 3.56. The van der Waals surface area contributed by atoms with Crippen LogP contribution in [0.1, 0.15) is 5.56 Å². The van der Waals surface area contributed by atoms with Crippen molar-refractivity contribution in [2.75, 3.05) is 0 Å². The van der Waals surface area contributed by atoms with Crippen molar-refractivity contribution >= 4 is 0 Å². The minimum atomic E-state index is 0. The van der Waals surface area contributed by atoms with E-state index in [9.17, 15) is 0 Å². The molecule has 0 saturated carbocycles. The van der Waals surface area contributed by atoms with Gasteiger partial charge in [-0.25, -0.2) is 0 Å². The summed E-state index contributed by atoms with van der Waals surface area (Å²) >= 11 is 0. The van der Waals surface area contributed by atoms with Crippen LogP contribution in [0, 0.1) is 0 Å². The lowest BCUT2D eigenvalue weighted by atomic mass is 10.2. The van der Waals surface area contributed by atoms with E-state index in [1.807, 2.05) is 40.7 Å². The Bertz CT molecular complexity index is 663. The fraction of sp³-hybridized carbons (Fsp3) is 0.125. The predicted molar refractivity (Wildman–Crippen MR) is 74.4 cm³/mol. The largest absolute Gasteiger partial charge is 1.00 e. The Morgan fingerprint density at radius 3 is 2.20 bits per heavy atom. The van der Waals surface area contributed by atoms with Crippen molar-refractivity contribution in [3.63, 3.8) is 0 Å². The molecule has 4 heteroatoms. The fourth-order valence-electron chi connectivity index (χ4n) is 2.19. The molecular formula is C16H16IN3. The van der Waals surface area contributed by atoms with Crippen molar-refractivity contribution in [1.29, 1.82) is 0 Å². The van der Waals surface area contributed by atoms with Crippen molar-refractivity contribution in [1.82, 2.24) is 9.90 Å². The Balaban J connectivity index is 0.00000147. The first-order valence-electron chi connectivity index (χ1n) is 6.36. The Hall–Kier alpha value is -1.69. The monoisotopic (exact) mass is 377 g/mol. The maximum atomic E-state index is 4.52. The van der Waals surface area contributed by atoms with Crippen molar-refractivity contribution in [2.45, 2.75) is 6.54 Å². The Morgan fingerprint density at radius 2 is 1.55 bits per heavy atom. The number of halogens is 1. The lowest BCUT2D eigenvalue weighted by molar-refractivity contribution is -0.747. The van der Waals surface area contributed by atoms with Gasteiger partial charge >= 0.3 is 0 Å². The molecule has 3 aromatic rings. The van der Waals surface area contributed by atoms with Gasteiger partial charge in [0.2, 0.25) is 0 Å². The summed E-state index contributed by atoms with van der Waals surface area (Å²) in [6, 6.07) is 20.7. The molecule has 0 atom stereocenters. The molecule has 0 amide bonds. The standard InChI is InChI=1S/C16H16N3.HI/c1-18-16(15-10-6-3-7-11-15)13-19(17-18)12-14-8-4-2-5-9-14;/h2-11,13H,12H2,1H3;1H/q+1;/p-1. The molecule has 1 aromatic heterocycles. The van der Waals surface area contributed by atoms with Gasteiger partial charge in [-0.2, -0.15) is 0 Å². The van der Waals surface area contributed by atoms with Crippen LogP contribution in [0.5, 0.6) is 0 Å². The molecule has 0 aliphatic rings. The number of nitrogens with zero attached hydrogens (tertiary/aromatic N) is 3. The van der Waals surface area contributed by atoms with Crippen LogP contribution in [-0.4, -0.2) is 9.90 Å². The predicted octanol–water partition coefficient (Wildman–Crippen LogP) is -0.573. The molecule has 1 heterocycles. The van der Waals surface area contributed by atoms with E-state index in [0.29, 0.717) is 0 Å². The van der Waals surface area contributed by atoms with Gasteiger partial charge in [0, 0.05) is 5.56 Å². The summed E-state index contributed by atoms with van der Waals surface area (Å²) in [4.78, 5) is 0. The summed E-state index contributed by atoms with van der Waals surface area (Å²) in [7, 11) is 1.98. The Labute approximate surface area is 135 Å². The number of aromatic nitrogens is 3. The zero-order valence-electron chi connectivity index (χ0n) is 11.3. The zero-order chi connectivity index (χ0) is 13.1. The molecule has 0 saturated heterocycles. The first kappa shape index (κ1) is 14.7. The highest BCUT2D eigenvalue weighted by molar-refractivity contribution is 5.57. The van der Waals surface area contributed by atoms with E-state index < -0.39 is 0 Å². The molecule has 0 spiro atoms. The second kappa shape index (κ2) is 6.65. The maximum absolute atomic E-state index is 4.52. The van der Waals surface area contributed by atoms with Crippen LogP contribution in [0.4, 0.5) is 0 Å². The van der Waals surface area contributed by atoms with E-state index in [1.54, 1.807) is 0 Å². The van der Waals surface area contributed by atoms with Gasteiger partial charge in [0.1, 0.15) is 13.6 Å². The quantitative estimate of drug-likeness (QED) is 0.443. The van der Waals surface area contributed by atoms with Crippen molar-refractivity contribution in [3.05, 3.63) is 72.4 Å². The second-order valence-electron chi connectivity index (χ2n) is 4.58. The third-order valence-corrected chi connectivity index (χ3v) is 3.13. The van der Waals surface area contributed by atoms with Gasteiger partial charge in [-0.3, -0.25) is 0 Å². The molecule has 2 aromatic carbocycles. The maximum Gasteiger partial charge on any atom is 0.197 e. The smallest absolute Gasteiger partial charge is 0.197 e. The van der Waals surface area contributed by atoms with Crippen molar-refractivity contribution in [2.24, 2.45) is 7.05 Å². The molecule has 3 rings (SSSR count). The highest BCUT2D eigenvalue weighted by Gasteiger charge is 2.14. The first-order valence-corrected chi connectivity index (χ1v) is 6.36. The molecule has 0 N–H and O–H groups in total. The van der Waals surface area contributed by atoms with E-state index in [2.05, 4.69) is 47.8 Å². The molecule has 0 aliphatic heterocycles. The molecule has 102 valence electrons. The topological polar surface area (TPSA) is 21.7 Å². The first-order chi connectivity index (χ1) is 9.33. The average molecular weight is 377 g/mol. The molecule has 20 heavy (non-hydrogen) atoms. The number of rotatable bonds is 3. The van der Waals surface area contributed by atoms with Crippen molar-refractivity contribution in [3.8, 4) is 11.3 Å². The van der Waals surface area contributed by atoms with E-state index in [4.69, 9.17) is 0 Å². The minimum absolute atomic E-state index is 0. The molecule has 3 nitrogen and oxygen atoms in total. The van der Waals surface area contributed by atoms with Gasteiger partial charge in [0.15, 0.2) is 11.9 Å². The summed E-state index contributed by atoms with van der Waals surface area (Å²) in [5.74, 6) is 0.